The van der Waals surface area contributed by atoms with Gasteiger partial charge in [-0.1, -0.05) is 0 Å². The average Bonchev–Trinajstić information content (AvgIpc) is 2.16. The van der Waals surface area contributed by atoms with E-state index in [1.54, 1.807) is 28.7 Å². The Labute approximate surface area is 92.5 Å². The third kappa shape index (κ3) is 2.16. The van der Waals surface area contributed by atoms with Crippen LogP contribution in [-0.2, 0) is 6.61 Å². The lowest BCUT2D eigenvalue weighted by Gasteiger charge is -2.06. The van der Waals surface area contributed by atoms with Crippen molar-refractivity contribution in [2.24, 2.45) is 0 Å². The number of rotatable bonds is 2. The summed E-state index contributed by atoms with van der Waals surface area (Å²) in [4.78, 5) is 3.67. The normalized spacial score (nSPS) is 10.3. The summed E-state index contributed by atoms with van der Waals surface area (Å²) in [6.07, 6.45) is -2.75. The molecule has 6 heteroatoms. The van der Waals surface area contributed by atoms with E-state index < -0.39 is 12.0 Å². The molecular weight excluding hydrogens is 305 g/mol. The van der Waals surface area contributed by atoms with Crippen LogP contribution in [0.4, 0.5) is 8.78 Å². The van der Waals surface area contributed by atoms with Crippen LogP contribution in [-0.4, -0.2) is 10.1 Å². The summed E-state index contributed by atoms with van der Waals surface area (Å²) in [7, 11) is 0. The monoisotopic (exact) mass is 310 g/mol. The van der Waals surface area contributed by atoms with Gasteiger partial charge in [-0.05, 0) is 28.7 Å². The molecule has 1 N–H and O–H groups in total. The molecule has 74 valence electrons. The number of nitriles is 1. The largest absolute Gasteiger partial charge is 0.392 e. The minimum Gasteiger partial charge on any atom is -0.392 e. The molecule has 0 saturated heterocycles. The number of hydrogen-bond donors (Lipinski definition) is 1. The molecule has 0 radical (unpaired) electrons. The van der Waals surface area contributed by atoms with E-state index in [1.807, 2.05) is 0 Å². The topological polar surface area (TPSA) is 56.9 Å². The first-order valence-corrected chi connectivity index (χ1v) is 4.66. The zero-order valence-corrected chi connectivity index (χ0v) is 8.99. The lowest BCUT2D eigenvalue weighted by Crippen LogP contribution is -2.01. The quantitative estimate of drug-likeness (QED) is 0.671. The van der Waals surface area contributed by atoms with Gasteiger partial charge in [-0.3, -0.25) is 0 Å². The standard InChI is InChI=1S/C8H5F2IN2O/c9-7(10)5-1-4(3-14)8(11)13-6(5)2-12/h1,7,14H,3H2. The molecule has 0 spiro atoms. The molecule has 0 fully saturated rings. The summed E-state index contributed by atoms with van der Waals surface area (Å²) < 4.78 is 25.1. The summed E-state index contributed by atoms with van der Waals surface area (Å²) >= 11 is 1.78. The van der Waals surface area contributed by atoms with Gasteiger partial charge < -0.3 is 5.11 Å². The van der Waals surface area contributed by atoms with Crippen molar-refractivity contribution in [2.75, 3.05) is 0 Å². The van der Waals surface area contributed by atoms with E-state index in [2.05, 4.69) is 4.98 Å². The Hall–Kier alpha value is -0.810. The molecule has 0 amide bonds. The molecule has 14 heavy (non-hydrogen) atoms. The van der Waals surface area contributed by atoms with Gasteiger partial charge in [-0.25, -0.2) is 13.8 Å². The van der Waals surface area contributed by atoms with Crippen LogP contribution in [0.15, 0.2) is 6.07 Å². The Morgan fingerprint density at radius 2 is 2.29 bits per heavy atom. The van der Waals surface area contributed by atoms with Gasteiger partial charge >= 0.3 is 0 Å². The average molecular weight is 310 g/mol. The summed E-state index contributed by atoms with van der Waals surface area (Å²) in [6.45, 7) is -0.364. The molecule has 0 aliphatic heterocycles. The smallest absolute Gasteiger partial charge is 0.266 e. The lowest BCUT2D eigenvalue weighted by atomic mass is 10.1. The second kappa shape index (κ2) is 4.61. The van der Waals surface area contributed by atoms with E-state index in [9.17, 15) is 8.78 Å². The van der Waals surface area contributed by atoms with Gasteiger partial charge in [-0.15, -0.1) is 0 Å². The fourth-order valence-electron chi connectivity index (χ4n) is 0.917. The first-order valence-electron chi connectivity index (χ1n) is 3.58. The number of aromatic nitrogens is 1. The van der Waals surface area contributed by atoms with Gasteiger partial charge in [0.1, 0.15) is 9.77 Å². The molecule has 1 aromatic heterocycles. The third-order valence-corrected chi connectivity index (χ3v) is 2.52. The van der Waals surface area contributed by atoms with Gasteiger partial charge in [0.2, 0.25) is 0 Å². The van der Waals surface area contributed by atoms with Gasteiger partial charge in [0.25, 0.3) is 6.43 Å². The molecule has 0 unspecified atom stereocenters. The Balaban J connectivity index is 3.34. The molecule has 0 bridgehead atoms. The van der Waals surface area contributed by atoms with Crippen LogP contribution in [0, 0.1) is 15.0 Å². The molecule has 0 aliphatic carbocycles. The summed E-state index contributed by atoms with van der Waals surface area (Å²) in [5, 5.41) is 17.4. The van der Waals surface area contributed by atoms with Crippen LogP contribution in [0.3, 0.4) is 0 Å². The Morgan fingerprint density at radius 3 is 2.71 bits per heavy atom. The van der Waals surface area contributed by atoms with E-state index in [0.29, 0.717) is 9.26 Å². The fraction of sp³-hybridized carbons (Fsp3) is 0.250. The van der Waals surface area contributed by atoms with Crippen molar-refractivity contribution in [3.8, 4) is 6.07 Å². The maximum absolute atomic E-state index is 12.4. The van der Waals surface area contributed by atoms with Gasteiger partial charge in [-0.2, -0.15) is 5.26 Å². The number of aliphatic hydroxyl groups excluding tert-OH is 1. The number of pyridine rings is 1. The summed E-state index contributed by atoms with van der Waals surface area (Å²) in [5.41, 5.74) is -0.418. The maximum Gasteiger partial charge on any atom is 0.266 e. The number of halogens is 3. The van der Waals surface area contributed by atoms with Crippen molar-refractivity contribution in [1.82, 2.24) is 4.98 Å². The summed E-state index contributed by atoms with van der Waals surface area (Å²) in [6, 6.07) is 2.70. The third-order valence-electron chi connectivity index (χ3n) is 1.59. The highest BCUT2D eigenvalue weighted by molar-refractivity contribution is 14.1. The van der Waals surface area contributed by atoms with E-state index in [1.165, 1.54) is 0 Å². The van der Waals surface area contributed by atoms with Crippen molar-refractivity contribution in [3.05, 3.63) is 26.6 Å². The Morgan fingerprint density at radius 1 is 1.64 bits per heavy atom. The minimum absolute atomic E-state index is 0.290. The molecule has 1 rings (SSSR count). The van der Waals surface area contributed by atoms with E-state index in [4.69, 9.17) is 10.4 Å². The molecule has 0 saturated carbocycles. The van der Waals surface area contributed by atoms with E-state index in [-0.39, 0.29) is 12.3 Å². The van der Waals surface area contributed by atoms with Crippen LogP contribution >= 0.6 is 22.6 Å². The van der Waals surface area contributed by atoms with Crippen LogP contribution in [0.1, 0.15) is 23.2 Å². The fourth-order valence-corrected chi connectivity index (χ4v) is 1.48. The summed E-state index contributed by atoms with van der Waals surface area (Å²) in [5.74, 6) is 0. The van der Waals surface area contributed by atoms with E-state index >= 15 is 0 Å². The van der Waals surface area contributed by atoms with Crippen molar-refractivity contribution in [1.29, 1.82) is 5.26 Å². The SMILES string of the molecule is N#Cc1nc(I)c(CO)cc1C(F)F. The zero-order valence-electron chi connectivity index (χ0n) is 6.84. The Bertz CT molecular complexity index is 390. The van der Waals surface area contributed by atoms with Crippen molar-refractivity contribution in [2.45, 2.75) is 13.0 Å². The molecule has 0 aromatic carbocycles. The molecule has 1 aromatic rings. The van der Waals surface area contributed by atoms with Crippen molar-refractivity contribution in [3.63, 3.8) is 0 Å². The van der Waals surface area contributed by atoms with Crippen LogP contribution in [0.2, 0.25) is 0 Å². The first-order chi connectivity index (χ1) is 6.60. The predicted octanol–water partition coefficient (Wildman–Crippen LogP) is 1.99. The highest BCUT2D eigenvalue weighted by Gasteiger charge is 2.16. The van der Waals surface area contributed by atoms with Crippen LogP contribution in [0.5, 0.6) is 0 Å². The number of nitrogens with zero attached hydrogens (tertiary/aromatic N) is 2. The van der Waals surface area contributed by atoms with E-state index in [0.717, 1.165) is 6.07 Å². The number of aliphatic hydroxyl groups is 1. The van der Waals surface area contributed by atoms with Gasteiger partial charge in [0.15, 0.2) is 5.69 Å². The van der Waals surface area contributed by atoms with Crippen LogP contribution in [0.25, 0.3) is 0 Å². The van der Waals surface area contributed by atoms with Crippen molar-refractivity contribution < 1.29 is 13.9 Å². The first kappa shape index (κ1) is 11.3. The van der Waals surface area contributed by atoms with Crippen LogP contribution < -0.4 is 0 Å². The maximum atomic E-state index is 12.4. The van der Waals surface area contributed by atoms with Gasteiger partial charge in [0, 0.05) is 5.56 Å². The zero-order chi connectivity index (χ0) is 10.7. The second-order valence-corrected chi connectivity index (χ2v) is 3.47. The molecule has 0 atom stereocenters. The molecule has 3 nitrogen and oxygen atoms in total. The molecular formula is C8H5F2IN2O. The second-order valence-electron chi connectivity index (χ2n) is 2.45. The molecule has 0 aliphatic rings. The highest BCUT2D eigenvalue weighted by atomic mass is 127. The molecule has 1 heterocycles. The van der Waals surface area contributed by atoms with Gasteiger partial charge in [0.05, 0.1) is 12.2 Å². The predicted molar refractivity (Wildman–Crippen MR) is 52.5 cm³/mol. The lowest BCUT2D eigenvalue weighted by molar-refractivity contribution is 0.150. The van der Waals surface area contributed by atoms with Crippen molar-refractivity contribution >= 4 is 22.6 Å². The minimum atomic E-state index is -2.75. The Kier molecular flexibility index (Phi) is 3.71. The number of hydrogen-bond acceptors (Lipinski definition) is 3. The number of alkyl halides is 2. The highest BCUT2D eigenvalue weighted by Crippen LogP contribution is 2.24.